The summed E-state index contributed by atoms with van der Waals surface area (Å²) in [6.07, 6.45) is 5.52. The first-order valence-corrected chi connectivity index (χ1v) is 13.0. The van der Waals surface area contributed by atoms with Gasteiger partial charge >= 0.3 is 0 Å². The van der Waals surface area contributed by atoms with Gasteiger partial charge in [0.05, 0.1) is 17.2 Å². The standard InChI is InChI=1S/C28H34ClN5O3/c1-16-10-18(15-35)11-17(2)34(16)26-31-13-19(14-32-26)23(36)33-24-27(3,4)25(28(24,5)6)37-20-8-9-22(30-7)21(29)12-20/h8-9,12-18,24-25H,10-11H2,1-6H3,(H,33,36)/t16-,17+,18?,24?,25?. The Morgan fingerprint density at radius 1 is 1.16 bits per heavy atom. The lowest BCUT2D eigenvalue weighted by Crippen LogP contribution is -2.74. The molecular weight excluding hydrogens is 490 g/mol. The number of nitrogens with zero attached hydrogens (tertiary/aromatic N) is 4. The van der Waals surface area contributed by atoms with Crippen molar-refractivity contribution in [1.82, 2.24) is 15.3 Å². The number of aldehydes is 1. The Morgan fingerprint density at radius 3 is 2.27 bits per heavy atom. The summed E-state index contributed by atoms with van der Waals surface area (Å²) in [6, 6.07) is 5.18. The number of benzene rings is 1. The van der Waals surface area contributed by atoms with E-state index in [9.17, 15) is 9.59 Å². The minimum Gasteiger partial charge on any atom is -0.489 e. The fourth-order valence-corrected chi connectivity index (χ4v) is 6.73. The second-order valence-corrected chi connectivity index (χ2v) is 11.9. The number of carbonyl (C=O) groups is 2. The van der Waals surface area contributed by atoms with Crippen molar-refractivity contribution >= 4 is 35.4 Å². The number of rotatable bonds is 6. The summed E-state index contributed by atoms with van der Waals surface area (Å²) in [5, 5.41) is 3.53. The van der Waals surface area contributed by atoms with Crippen LogP contribution < -0.4 is 15.0 Å². The molecule has 0 spiro atoms. The number of carbonyl (C=O) groups excluding carboxylic acids is 2. The summed E-state index contributed by atoms with van der Waals surface area (Å²) >= 11 is 6.19. The van der Waals surface area contributed by atoms with Gasteiger partial charge in [0.25, 0.3) is 5.91 Å². The molecule has 1 aromatic heterocycles. The number of hydrogen-bond acceptors (Lipinski definition) is 6. The lowest BCUT2D eigenvalue weighted by atomic mass is 9.49. The molecule has 1 aromatic carbocycles. The normalized spacial score (nSPS) is 27.9. The lowest BCUT2D eigenvalue weighted by Gasteiger charge is -2.63. The number of amides is 1. The van der Waals surface area contributed by atoms with Gasteiger partial charge in [0.2, 0.25) is 11.6 Å². The highest BCUT2D eigenvalue weighted by Gasteiger charge is 2.64. The molecule has 3 atom stereocenters. The minimum atomic E-state index is -0.362. The van der Waals surface area contributed by atoms with E-state index >= 15 is 0 Å². The van der Waals surface area contributed by atoms with Crippen LogP contribution in [-0.2, 0) is 4.79 Å². The van der Waals surface area contributed by atoms with Crippen LogP contribution in [0.3, 0.4) is 0 Å². The van der Waals surface area contributed by atoms with Gasteiger partial charge in [-0.1, -0.05) is 45.4 Å². The summed E-state index contributed by atoms with van der Waals surface area (Å²) in [4.78, 5) is 38.9. The number of hydrogen-bond donors (Lipinski definition) is 1. The Hall–Kier alpha value is -3.18. The summed E-state index contributed by atoms with van der Waals surface area (Å²) in [5.74, 6) is 0.990. The Kier molecular flexibility index (Phi) is 7.22. The molecule has 2 aromatic rings. The second kappa shape index (κ2) is 9.94. The molecule has 2 aliphatic rings. The largest absolute Gasteiger partial charge is 0.489 e. The number of piperidine rings is 1. The van der Waals surface area contributed by atoms with Gasteiger partial charge in [0.15, 0.2) is 0 Å². The molecule has 0 radical (unpaired) electrons. The monoisotopic (exact) mass is 523 g/mol. The van der Waals surface area contributed by atoms with E-state index in [0.717, 1.165) is 19.1 Å². The average Bonchev–Trinajstić information content (AvgIpc) is 2.85. The maximum absolute atomic E-state index is 13.2. The molecule has 1 aliphatic heterocycles. The van der Waals surface area contributed by atoms with Crippen molar-refractivity contribution < 1.29 is 14.3 Å². The number of aromatic nitrogens is 2. The van der Waals surface area contributed by atoms with Crippen LogP contribution in [0.15, 0.2) is 30.6 Å². The average molecular weight is 524 g/mol. The van der Waals surface area contributed by atoms with E-state index in [-0.39, 0.29) is 46.9 Å². The molecular formula is C28H34ClN5O3. The first-order valence-electron chi connectivity index (χ1n) is 12.6. The molecule has 1 aliphatic carbocycles. The smallest absolute Gasteiger partial charge is 0.254 e. The van der Waals surface area contributed by atoms with Crippen molar-refractivity contribution in [1.29, 1.82) is 0 Å². The van der Waals surface area contributed by atoms with Crippen molar-refractivity contribution in [2.45, 2.75) is 78.6 Å². The van der Waals surface area contributed by atoms with Crippen LogP contribution in [0.5, 0.6) is 5.75 Å². The van der Waals surface area contributed by atoms with E-state index < -0.39 is 0 Å². The van der Waals surface area contributed by atoms with Crippen molar-refractivity contribution in [3.8, 4) is 5.75 Å². The predicted molar refractivity (Wildman–Crippen MR) is 143 cm³/mol. The number of ether oxygens (including phenoxy) is 1. The first-order chi connectivity index (χ1) is 17.4. The van der Waals surface area contributed by atoms with Crippen LogP contribution in [0.25, 0.3) is 4.85 Å². The van der Waals surface area contributed by atoms with E-state index in [1.807, 2.05) is 0 Å². The quantitative estimate of drug-likeness (QED) is 0.398. The Bertz CT molecular complexity index is 1200. The van der Waals surface area contributed by atoms with Crippen LogP contribution in [0.4, 0.5) is 11.6 Å². The molecule has 8 nitrogen and oxygen atoms in total. The summed E-state index contributed by atoms with van der Waals surface area (Å²) < 4.78 is 6.31. The van der Waals surface area contributed by atoms with Crippen LogP contribution in [0.2, 0.25) is 5.02 Å². The third-order valence-corrected chi connectivity index (χ3v) is 8.27. The molecule has 1 unspecified atom stereocenters. The molecule has 2 fully saturated rings. The molecule has 1 saturated carbocycles. The molecule has 1 amide bonds. The highest BCUT2D eigenvalue weighted by atomic mass is 35.5. The van der Waals surface area contributed by atoms with Crippen molar-refractivity contribution in [2.75, 3.05) is 4.90 Å². The van der Waals surface area contributed by atoms with Crippen molar-refractivity contribution in [2.24, 2.45) is 16.7 Å². The van der Waals surface area contributed by atoms with Gasteiger partial charge in [-0.15, -0.1) is 0 Å². The molecule has 1 saturated heterocycles. The number of nitrogens with one attached hydrogen (secondary N) is 1. The number of halogens is 1. The second-order valence-electron chi connectivity index (χ2n) is 11.5. The number of anilines is 1. The van der Waals surface area contributed by atoms with E-state index in [0.29, 0.717) is 28.0 Å². The van der Waals surface area contributed by atoms with Gasteiger partial charge in [-0.2, -0.15) is 0 Å². The highest BCUT2D eigenvalue weighted by molar-refractivity contribution is 6.33. The van der Waals surface area contributed by atoms with Crippen LogP contribution in [-0.4, -0.2) is 46.4 Å². The Balaban J connectivity index is 1.44. The first kappa shape index (κ1) is 26.9. The molecule has 37 heavy (non-hydrogen) atoms. The van der Waals surface area contributed by atoms with E-state index in [1.165, 1.54) is 0 Å². The third kappa shape index (κ3) is 4.89. The molecule has 4 rings (SSSR count). The Morgan fingerprint density at radius 2 is 1.76 bits per heavy atom. The van der Waals surface area contributed by atoms with Gasteiger partial charge in [-0.05, 0) is 38.8 Å². The lowest BCUT2D eigenvalue weighted by molar-refractivity contribution is -0.164. The minimum absolute atomic E-state index is 0.0587. The zero-order chi connectivity index (χ0) is 27.1. The SMILES string of the molecule is [C-]#[N+]c1ccc(OC2C(C)(C)C(NC(=O)c3cnc(N4[C@H](C)CC(C=O)C[C@@H]4C)nc3)C2(C)C)cc1Cl. The predicted octanol–water partition coefficient (Wildman–Crippen LogP) is 5.49. The van der Waals surface area contributed by atoms with Crippen molar-refractivity contribution in [3.05, 3.63) is 52.6 Å². The highest BCUT2D eigenvalue weighted by Crippen LogP contribution is 2.55. The summed E-state index contributed by atoms with van der Waals surface area (Å²) in [5.41, 5.74) is 0.0513. The van der Waals surface area contributed by atoms with E-state index in [4.69, 9.17) is 22.9 Å². The van der Waals surface area contributed by atoms with Crippen LogP contribution >= 0.6 is 11.6 Å². The van der Waals surface area contributed by atoms with Crippen LogP contribution in [0, 0.1) is 23.3 Å². The van der Waals surface area contributed by atoms with E-state index in [2.05, 4.69) is 66.6 Å². The van der Waals surface area contributed by atoms with Gasteiger partial charge in [-0.25, -0.2) is 14.8 Å². The molecule has 1 N–H and O–H groups in total. The topological polar surface area (TPSA) is 88.8 Å². The fourth-order valence-electron chi connectivity index (χ4n) is 6.51. The van der Waals surface area contributed by atoms with E-state index in [1.54, 1.807) is 30.6 Å². The van der Waals surface area contributed by atoms with Crippen LogP contribution in [0.1, 0.15) is 64.7 Å². The van der Waals surface area contributed by atoms with Crippen molar-refractivity contribution in [3.63, 3.8) is 0 Å². The molecule has 0 bridgehead atoms. The summed E-state index contributed by atoms with van der Waals surface area (Å²) in [7, 11) is 0. The van der Waals surface area contributed by atoms with Gasteiger partial charge in [-0.3, -0.25) is 4.79 Å². The maximum Gasteiger partial charge on any atom is 0.254 e. The Labute approximate surface area is 223 Å². The fraction of sp³-hybridized carbons (Fsp3) is 0.536. The zero-order valence-electron chi connectivity index (χ0n) is 22.2. The zero-order valence-corrected chi connectivity index (χ0v) is 22.9. The summed E-state index contributed by atoms with van der Waals surface area (Å²) in [6.45, 7) is 19.6. The molecule has 9 heteroatoms. The van der Waals surface area contributed by atoms with Gasteiger partial charge in [0, 0.05) is 47.3 Å². The third-order valence-electron chi connectivity index (χ3n) is 7.97. The van der Waals surface area contributed by atoms with Gasteiger partial charge < -0.3 is 19.7 Å². The maximum atomic E-state index is 13.2. The molecule has 2 heterocycles. The van der Waals surface area contributed by atoms with Gasteiger partial charge in [0.1, 0.15) is 18.1 Å². The molecule has 196 valence electrons.